The Morgan fingerprint density at radius 1 is 0.852 bits per heavy atom. The summed E-state index contributed by atoms with van der Waals surface area (Å²) in [5.41, 5.74) is 0. The smallest absolute Gasteiger partial charge is 0.315 e. The van der Waals surface area contributed by atoms with Crippen LogP contribution in [0.5, 0.6) is 0 Å². The van der Waals surface area contributed by atoms with Gasteiger partial charge in [0.2, 0.25) is 0 Å². The van der Waals surface area contributed by atoms with Gasteiger partial charge in [-0.2, -0.15) is 0 Å². The van der Waals surface area contributed by atoms with Crippen LogP contribution >= 0.6 is 0 Å². The first-order valence-electron chi connectivity index (χ1n) is 10.3. The Balaban J connectivity index is 1.78. The highest BCUT2D eigenvalue weighted by molar-refractivity contribution is 5.74. The number of unbranched alkanes of at least 4 members (excludes halogenated alkanes) is 1. The van der Waals surface area contributed by atoms with Crippen LogP contribution in [0.15, 0.2) is 0 Å². The molecular formula is C19H36N2O6. The molecule has 1 aliphatic carbocycles. The van der Waals surface area contributed by atoms with Crippen LogP contribution in [-0.2, 0) is 23.7 Å². The normalized spacial score (nSPS) is 29.0. The lowest BCUT2D eigenvalue weighted by molar-refractivity contribution is -0.112. The molecule has 1 saturated heterocycles. The van der Waals surface area contributed by atoms with Crippen LogP contribution in [0.3, 0.4) is 0 Å². The Labute approximate surface area is 162 Å². The monoisotopic (exact) mass is 388 g/mol. The minimum Gasteiger partial charge on any atom is -0.377 e. The third-order valence-electron chi connectivity index (χ3n) is 4.75. The van der Waals surface area contributed by atoms with Crippen LogP contribution in [-0.4, -0.2) is 83.7 Å². The number of hydrogen-bond acceptors (Lipinski definition) is 6. The van der Waals surface area contributed by atoms with Gasteiger partial charge in [0, 0.05) is 12.6 Å². The maximum absolute atomic E-state index is 12.0. The Kier molecular flexibility index (Phi) is 11.7. The minimum absolute atomic E-state index is 0.0242. The number of amides is 2. The molecule has 2 amide bonds. The van der Waals surface area contributed by atoms with E-state index in [-0.39, 0.29) is 24.3 Å². The molecule has 0 aromatic carbocycles. The van der Waals surface area contributed by atoms with Gasteiger partial charge in [0.15, 0.2) is 0 Å². The van der Waals surface area contributed by atoms with Gasteiger partial charge >= 0.3 is 6.03 Å². The summed E-state index contributed by atoms with van der Waals surface area (Å²) in [5.74, 6) is 0. The number of carbonyl (C=O) groups excluding carboxylic acids is 1. The predicted molar refractivity (Wildman–Crippen MR) is 101 cm³/mol. The van der Waals surface area contributed by atoms with Gasteiger partial charge in [-0.05, 0) is 25.7 Å². The SMILES string of the molecule is CCCCNC(=O)NC1CCC2OCCOCCOCCOCCOC2C1. The van der Waals surface area contributed by atoms with Crippen molar-refractivity contribution in [1.29, 1.82) is 0 Å². The van der Waals surface area contributed by atoms with Crippen molar-refractivity contribution >= 4 is 6.03 Å². The van der Waals surface area contributed by atoms with Crippen molar-refractivity contribution in [3.8, 4) is 0 Å². The van der Waals surface area contributed by atoms with E-state index in [9.17, 15) is 4.79 Å². The fourth-order valence-corrected chi connectivity index (χ4v) is 3.27. The molecule has 2 N–H and O–H groups in total. The largest absolute Gasteiger partial charge is 0.377 e. The molecule has 1 heterocycles. The van der Waals surface area contributed by atoms with Crippen LogP contribution in [0, 0.1) is 0 Å². The zero-order valence-corrected chi connectivity index (χ0v) is 16.6. The van der Waals surface area contributed by atoms with E-state index in [1.165, 1.54) is 0 Å². The number of nitrogens with one attached hydrogen (secondary N) is 2. The number of rotatable bonds is 4. The van der Waals surface area contributed by atoms with Gasteiger partial charge in [0.05, 0.1) is 65.1 Å². The summed E-state index contributed by atoms with van der Waals surface area (Å²) in [6.45, 7) is 7.18. The molecule has 2 fully saturated rings. The number of ether oxygens (including phenoxy) is 5. The maximum atomic E-state index is 12.0. The standard InChI is InChI=1S/C19H36N2O6/c1-2-3-6-20-19(22)21-16-4-5-17-18(15-16)27-14-12-25-10-8-23-7-9-24-11-13-26-17/h16-18H,2-15H2,1H3,(H2,20,21,22). The molecule has 2 rings (SSSR count). The molecule has 8 heteroatoms. The molecule has 27 heavy (non-hydrogen) atoms. The molecule has 0 radical (unpaired) electrons. The fraction of sp³-hybridized carbons (Fsp3) is 0.947. The van der Waals surface area contributed by atoms with E-state index in [1.54, 1.807) is 0 Å². The van der Waals surface area contributed by atoms with Gasteiger partial charge < -0.3 is 34.3 Å². The van der Waals surface area contributed by atoms with Crippen LogP contribution in [0.1, 0.15) is 39.0 Å². The van der Waals surface area contributed by atoms with Crippen molar-refractivity contribution < 1.29 is 28.5 Å². The molecule has 0 bridgehead atoms. The molecule has 0 spiro atoms. The second-order valence-electron chi connectivity index (χ2n) is 6.92. The number of carbonyl (C=O) groups is 1. The van der Waals surface area contributed by atoms with Gasteiger partial charge in [-0.15, -0.1) is 0 Å². The van der Waals surface area contributed by atoms with E-state index in [1.807, 2.05) is 0 Å². The summed E-state index contributed by atoms with van der Waals surface area (Å²) in [6, 6.07) is 0.00539. The van der Waals surface area contributed by atoms with Crippen LogP contribution in [0.4, 0.5) is 4.79 Å². The average Bonchev–Trinajstić information content (AvgIpc) is 2.67. The van der Waals surface area contributed by atoms with Gasteiger partial charge in [-0.3, -0.25) is 0 Å². The van der Waals surface area contributed by atoms with Crippen LogP contribution in [0.2, 0.25) is 0 Å². The third-order valence-corrected chi connectivity index (χ3v) is 4.75. The van der Waals surface area contributed by atoms with Gasteiger partial charge in [0.1, 0.15) is 0 Å². The first-order valence-corrected chi connectivity index (χ1v) is 10.3. The van der Waals surface area contributed by atoms with Crippen molar-refractivity contribution in [1.82, 2.24) is 10.6 Å². The van der Waals surface area contributed by atoms with E-state index in [0.29, 0.717) is 59.4 Å². The highest BCUT2D eigenvalue weighted by Gasteiger charge is 2.32. The van der Waals surface area contributed by atoms with Crippen LogP contribution < -0.4 is 10.6 Å². The molecule has 3 atom stereocenters. The van der Waals surface area contributed by atoms with E-state index in [2.05, 4.69) is 17.6 Å². The number of hydrogen-bond donors (Lipinski definition) is 2. The number of urea groups is 1. The molecule has 158 valence electrons. The summed E-state index contributed by atoms with van der Waals surface area (Å²) >= 11 is 0. The highest BCUT2D eigenvalue weighted by atomic mass is 16.6. The summed E-state index contributed by atoms with van der Waals surface area (Å²) in [7, 11) is 0. The Hall–Kier alpha value is -0.930. The second-order valence-corrected chi connectivity index (χ2v) is 6.92. The zero-order valence-electron chi connectivity index (χ0n) is 16.6. The van der Waals surface area contributed by atoms with E-state index in [4.69, 9.17) is 23.7 Å². The Morgan fingerprint density at radius 3 is 2.07 bits per heavy atom. The Bertz CT molecular complexity index is 398. The second kappa shape index (κ2) is 14.1. The van der Waals surface area contributed by atoms with Crippen molar-refractivity contribution in [2.45, 2.75) is 57.3 Å². The van der Waals surface area contributed by atoms with Crippen LogP contribution in [0.25, 0.3) is 0 Å². The molecule has 0 aromatic heterocycles. The lowest BCUT2D eigenvalue weighted by atomic mass is 9.90. The lowest BCUT2D eigenvalue weighted by Gasteiger charge is -2.36. The van der Waals surface area contributed by atoms with Crippen molar-refractivity contribution in [3.63, 3.8) is 0 Å². The Morgan fingerprint density at radius 2 is 1.44 bits per heavy atom. The topological polar surface area (TPSA) is 87.3 Å². The quantitative estimate of drug-likeness (QED) is 0.710. The summed E-state index contributed by atoms with van der Waals surface area (Å²) in [5, 5.41) is 5.97. The van der Waals surface area contributed by atoms with Gasteiger partial charge in [-0.1, -0.05) is 13.3 Å². The average molecular weight is 389 g/mol. The first-order chi connectivity index (χ1) is 13.3. The molecular weight excluding hydrogens is 352 g/mol. The van der Waals surface area contributed by atoms with Crippen molar-refractivity contribution in [2.24, 2.45) is 0 Å². The molecule has 8 nitrogen and oxygen atoms in total. The molecule has 0 aromatic rings. The predicted octanol–water partition coefficient (Wildman–Crippen LogP) is 1.47. The van der Waals surface area contributed by atoms with Crippen molar-refractivity contribution in [2.75, 3.05) is 59.4 Å². The van der Waals surface area contributed by atoms with Gasteiger partial charge in [-0.25, -0.2) is 4.79 Å². The van der Waals surface area contributed by atoms with E-state index < -0.39 is 0 Å². The maximum Gasteiger partial charge on any atom is 0.315 e. The lowest BCUT2D eigenvalue weighted by Crippen LogP contribution is -2.49. The third kappa shape index (κ3) is 9.71. The van der Waals surface area contributed by atoms with E-state index in [0.717, 1.165) is 32.1 Å². The van der Waals surface area contributed by atoms with Gasteiger partial charge in [0.25, 0.3) is 0 Å². The molecule has 2 aliphatic rings. The highest BCUT2D eigenvalue weighted by Crippen LogP contribution is 2.24. The van der Waals surface area contributed by atoms with Crippen molar-refractivity contribution in [3.05, 3.63) is 0 Å². The van der Waals surface area contributed by atoms with E-state index >= 15 is 0 Å². The molecule has 1 saturated carbocycles. The first kappa shape index (κ1) is 22.4. The molecule has 1 aliphatic heterocycles. The summed E-state index contributed by atoms with van der Waals surface area (Å²) in [4.78, 5) is 12.0. The minimum atomic E-state index is -0.0957. The fourth-order valence-electron chi connectivity index (χ4n) is 3.27. The zero-order chi connectivity index (χ0) is 19.2. The summed E-state index contributed by atoms with van der Waals surface area (Å²) < 4.78 is 28.5. The number of fused-ring (bicyclic) bond motifs is 1. The summed E-state index contributed by atoms with van der Waals surface area (Å²) in [6.07, 6.45) is 4.52. The molecule has 3 unspecified atom stereocenters.